The molecule has 1 N–H and O–H groups in total. The van der Waals surface area contributed by atoms with Crippen molar-refractivity contribution in [2.45, 2.75) is 89.1 Å². The van der Waals surface area contributed by atoms with E-state index in [1.165, 1.54) is 35.9 Å². The molecule has 1 spiro atoms. The van der Waals surface area contributed by atoms with Crippen LogP contribution >= 0.6 is 23.5 Å². The van der Waals surface area contributed by atoms with Crippen LogP contribution in [0.15, 0.2) is 48.6 Å². The van der Waals surface area contributed by atoms with Crippen molar-refractivity contribution >= 4 is 35.1 Å². The zero-order valence-electron chi connectivity index (χ0n) is 25.4. The number of hydrogen-bond acceptors (Lipinski definition) is 5. The molecule has 0 saturated heterocycles. The number of nitrogens with zero attached hydrogens (tertiary/aromatic N) is 1. The average molecular weight is 609 g/mol. The number of fused-ring (bicyclic) bond motifs is 4. The zero-order chi connectivity index (χ0) is 29.4. The van der Waals surface area contributed by atoms with Crippen LogP contribution in [-0.4, -0.2) is 43.1 Å². The van der Waals surface area contributed by atoms with E-state index in [9.17, 15) is 4.79 Å². The van der Waals surface area contributed by atoms with Gasteiger partial charge in [0.15, 0.2) is 0 Å². The van der Waals surface area contributed by atoms with E-state index in [1.807, 2.05) is 18.2 Å². The summed E-state index contributed by atoms with van der Waals surface area (Å²) in [6, 6.07) is 12.4. The van der Waals surface area contributed by atoms with Gasteiger partial charge in [0.25, 0.3) is 5.91 Å². The monoisotopic (exact) mass is 608 g/mol. The Morgan fingerprint density at radius 3 is 2.81 bits per heavy atom. The van der Waals surface area contributed by atoms with Crippen molar-refractivity contribution in [2.24, 2.45) is 17.8 Å². The summed E-state index contributed by atoms with van der Waals surface area (Å²) in [6.07, 6.45) is 11.5. The molecule has 4 aliphatic rings. The van der Waals surface area contributed by atoms with E-state index in [0.29, 0.717) is 29.9 Å². The highest BCUT2D eigenvalue weighted by molar-refractivity contribution is 7.98. The van der Waals surface area contributed by atoms with Gasteiger partial charge in [0.05, 0.1) is 24.5 Å². The molecule has 2 aromatic rings. The minimum Gasteiger partial charge on any atom is -0.490 e. The number of aryl methyl sites for hydroxylation is 1. The first kappa shape index (κ1) is 29.9. The van der Waals surface area contributed by atoms with Gasteiger partial charge in [-0.3, -0.25) is 9.52 Å². The summed E-state index contributed by atoms with van der Waals surface area (Å²) in [4.78, 5) is 15.9. The SMILES string of the molecule is CC(C)O[C@H]1/C=C/C[C@H](C)[C@@H](C)SNC(=O)c2ccc3c(c2)N(C[C@@H]2CC[C@H]21)C[C@@]1(CCCc2cc(Cl)ccc21)CO3. The molecular formula is C35H45ClN2O3S. The summed E-state index contributed by atoms with van der Waals surface area (Å²) in [5, 5.41) is 1.08. The van der Waals surface area contributed by atoms with Crippen molar-refractivity contribution in [2.75, 3.05) is 24.6 Å². The molecule has 2 aromatic carbocycles. The normalized spacial score (nSPS) is 32.2. The van der Waals surface area contributed by atoms with E-state index < -0.39 is 0 Å². The Balaban J connectivity index is 1.39. The molecule has 2 aliphatic heterocycles. The lowest BCUT2D eigenvalue weighted by atomic mass is 9.68. The second kappa shape index (κ2) is 12.5. The molecule has 2 heterocycles. The van der Waals surface area contributed by atoms with Gasteiger partial charge in [-0.2, -0.15) is 0 Å². The summed E-state index contributed by atoms with van der Waals surface area (Å²) < 4.78 is 16.3. The smallest absolute Gasteiger partial charge is 0.261 e. The number of anilines is 1. The van der Waals surface area contributed by atoms with Crippen LogP contribution < -0.4 is 14.4 Å². The minimum atomic E-state index is -0.130. The number of allylic oxidation sites excluding steroid dienone is 1. The standard InChI is InChI=1S/C35H45ClN2O3S/c1-22(2)41-32-9-5-7-23(3)24(4)42-37-34(39)26-11-15-33-31(18-26)38(19-27-10-13-29(27)32)20-35(21-40-33)16-6-8-25-17-28(36)12-14-30(25)35/h5,9,11-12,14-15,17-18,22-24,27,29,32H,6-8,10,13,16,19-21H2,1-4H3,(H,37,39)/b9-5+/t23-,24+,27-,29+,32-,35-/m0/s1. The molecule has 2 bridgehead atoms. The third-order valence-electron chi connectivity index (χ3n) is 10.1. The summed E-state index contributed by atoms with van der Waals surface area (Å²) in [7, 11) is 0. The predicted molar refractivity (Wildman–Crippen MR) is 174 cm³/mol. The fraction of sp³-hybridized carbons (Fsp3) is 0.571. The van der Waals surface area contributed by atoms with Gasteiger partial charge in [-0.25, -0.2) is 0 Å². The fourth-order valence-electron chi connectivity index (χ4n) is 7.34. The van der Waals surface area contributed by atoms with Crippen LogP contribution in [0.2, 0.25) is 5.02 Å². The summed E-state index contributed by atoms with van der Waals surface area (Å²) in [6.45, 7) is 11.1. The molecule has 2 aliphatic carbocycles. The lowest BCUT2D eigenvalue weighted by Gasteiger charge is -2.46. The van der Waals surface area contributed by atoms with Gasteiger partial charge in [-0.15, -0.1) is 0 Å². The summed E-state index contributed by atoms with van der Waals surface area (Å²) >= 11 is 7.97. The molecule has 0 unspecified atom stereocenters. The number of carbonyl (C=O) groups is 1. The third-order valence-corrected chi connectivity index (χ3v) is 11.4. The quantitative estimate of drug-likeness (QED) is 0.277. The average Bonchev–Trinajstić information content (AvgIpc) is 3.09. The number of halogens is 1. The Morgan fingerprint density at radius 1 is 1.17 bits per heavy atom. The first-order valence-corrected chi connectivity index (χ1v) is 17.1. The number of nitrogens with one attached hydrogen (secondary N) is 1. The lowest BCUT2D eigenvalue weighted by Crippen LogP contribution is -2.50. The molecule has 1 saturated carbocycles. The van der Waals surface area contributed by atoms with Gasteiger partial charge in [0, 0.05) is 34.3 Å². The Kier molecular flexibility index (Phi) is 8.87. The molecule has 0 radical (unpaired) electrons. The maximum atomic E-state index is 13.4. The second-order valence-electron chi connectivity index (χ2n) is 13.3. The molecule has 5 nitrogen and oxygen atoms in total. The first-order chi connectivity index (χ1) is 20.2. The number of ether oxygens (including phenoxy) is 2. The van der Waals surface area contributed by atoms with E-state index in [0.717, 1.165) is 55.2 Å². The Bertz CT molecular complexity index is 1330. The fourth-order valence-corrected chi connectivity index (χ4v) is 8.29. The predicted octanol–water partition coefficient (Wildman–Crippen LogP) is 8.00. The van der Waals surface area contributed by atoms with Crippen molar-refractivity contribution < 1.29 is 14.3 Å². The molecule has 7 heteroatoms. The van der Waals surface area contributed by atoms with Gasteiger partial charge < -0.3 is 14.4 Å². The Hall–Kier alpha value is -2.15. The van der Waals surface area contributed by atoms with E-state index in [-0.39, 0.29) is 28.8 Å². The van der Waals surface area contributed by atoms with E-state index in [1.54, 1.807) is 0 Å². The van der Waals surface area contributed by atoms with Crippen LogP contribution in [0.1, 0.15) is 81.3 Å². The van der Waals surface area contributed by atoms with Crippen molar-refractivity contribution in [3.63, 3.8) is 0 Å². The van der Waals surface area contributed by atoms with Gasteiger partial charge in [-0.05, 0) is 124 Å². The summed E-state index contributed by atoms with van der Waals surface area (Å²) in [5.41, 5.74) is 4.29. The minimum absolute atomic E-state index is 0.0482. The second-order valence-corrected chi connectivity index (χ2v) is 15.0. The van der Waals surface area contributed by atoms with Crippen LogP contribution in [-0.2, 0) is 16.6 Å². The number of amides is 1. The zero-order valence-corrected chi connectivity index (χ0v) is 27.0. The van der Waals surface area contributed by atoms with Crippen LogP contribution in [0.4, 0.5) is 5.69 Å². The number of hydrogen-bond donors (Lipinski definition) is 1. The van der Waals surface area contributed by atoms with E-state index in [4.69, 9.17) is 21.1 Å². The number of carbonyl (C=O) groups excluding carboxylic acids is 1. The van der Waals surface area contributed by atoms with Crippen LogP contribution in [0.3, 0.4) is 0 Å². The van der Waals surface area contributed by atoms with Crippen molar-refractivity contribution in [3.8, 4) is 5.75 Å². The molecule has 42 heavy (non-hydrogen) atoms. The van der Waals surface area contributed by atoms with Crippen LogP contribution in [0.25, 0.3) is 0 Å². The van der Waals surface area contributed by atoms with Gasteiger partial charge in [0.2, 0.25) is 0 Å². The van der Waals surface area contributed by atoms with Crippen molar-refractivity contribution in [1.29, 1.82) is 0 Å². The maximum Gasteiger partial charge on any atom is 0.261 e. The first-order valence-electron chi connectivity index (χ1n) is 15.8. The van der Waals surface area contributed by atoms with E-state index >= 15 is 0 Å². The van der Waals surface area contributed by atoms with Crippen LogP contribution in [0, 0.1) is 17.8 Å². The molecular weight excluding hydrogens is 564 g/mol. The molecule has 6 atom stereocenters. The van der Waals surface area contributed by atoms with Gasteiger partial charge >= 0.3 is 0 Å². The molecule has 1 fully saturated rings. The molecule has 226 valence electrons. The van der Waals surface area contributed by atoms with Gasteiger partial charge in [0.1, 0.15) is 5.75 Å². The largest absolute Gasteiger partial charge is 0.490 e. The summed E-state index contributed by atoms with van der Waals surface area (Å²) in [5.74, 6) is 2.23. The van der Waals surface area contributed by atoms with E-state index in [2.05, 4.69) is 67.7 Å². The highest BCUT2D eigenvalue weighted by atomic mass is 35.5. The van der Waals surface area contributed by atoms with Gasteiger partial charge in [-0.1, -0.05) is 43.7 Å². The topological polar surface area (TPSA) is 50.8 Å². The number of rotatable bonds is 2. The molecule has 0 aromatic heterocycles. The third kappa shape index (κ3) is 6.09. The molecule has 1 amide bonds. The van der Waals surface area contributed by atoms with Crippen LogP contribution in [0.5, 0.6) is 5.75 Å². The highest BCUT2D eigenvalue weighted by Gasteiger charge is 2.44. The number of benzene rings is 2. The highest BCUT2D eigenvalue weighted by Crippen LogP contribution is 2.47. The lowest BCUT2D eigenvalue weighted by molar-refractivity contribution is -0.0430. The Morgan fingerprint density at radius 2 is 2.02 bits per heavy atom. The Labute approximate surface area is 260 Å². The molecule has 6 rings (SSSR count). The van der Waals surface area contributed by atoms with Crippen molar-refractivity contribution in [3.05, 3.63) is 70.3 Å². The van der Waals surface area contributed by atoms with Crippen molar-refractivity contribution in [1.82, 2.24) is 4.72 Å². The maximum absolute atomic E-state index is 13.4.